The summed E-state index contributed by atoms with van der Waals surface area (Å²) in [4.78, 5) is 0. The first-order valence-corrected chi connectivity index (χ1v) is 5.48. The molecule has 1 unspecified atom stereocenters. The van der Waals surface area contributed by atoms with Crippen LogP contribution in [0.2, 0.25) is 0 Å². The van der Waals surface area contributed by atoms with E-state index in [4.69, 9.17) is 4.74 Å². The second-order valence-electron chi connectivity index (χ2n) is 3.93. The van der Waals surface area contributed by atoms with E-state index in [1.165, 1.54) is 32.1 Å². The van der Waals surface area contributed by atoms with Gasteiger partial charge >= 0.3 is 0 Å². The fraction of sp³-hybridized carbons (Fsp3) is 0.833. The summed E-state index contributed by atoms with van der Waals surface area (Å²) in [5.74, 6) is 0.597. The van der Waals surface area contributed by atoms with Crippen LogP contribution in [0.3, 0.4) is 0 Å². The van der Waals surface area contributed by atoms with Gasteiger partial charge in [0.05, 0.1) is 6.26 Å². The number of hydrogen-bond donors (Lipinski definition) is 0. The second kappa shape index (κ2) is 8.15. The standard InChI is InChI=1S/C12H24O/c1-5-7-8-9-10-12(11(3)4)13-6-2/h6,11-12H,2,5,7-10H2,1,3-4H3. The molecule has 0 aromatic carbocycles. The van der Waals surface area contributed by atoms with E-state index in [0.29, 0.717) is 12.0 Å². The van der Waals surface area contributed by atoms with E-state index >= 15 is 0 Å². The molecular formula is C12H24O. The number of rotatable bonds is 8. The average Bonchev–Trinajstić information content (AvgIpc) is 2.10. The predicted molar refractivity (Wildman–Crippen MR) is 58.7 cm³/mol. The van der Waals surface area contributed by atoms with Crippen molar-refractivity contribution in [1.82, 2.24) is 0 Å². The maximum absolute atomic E-state index is 5.45. The predicted octanol–water partition coefficient (Wildman–Crippen LogP) is 4.14. The van der Waals surface area contributed by atoms with Crippen molar-refractivity contribution in [2.75, 3.05) is 0 Å². The third-order valence-corrected chi connectivity index (χ3v) is 2.36. The molecule has 78 valence electrons. The molecule has 0 heterocycles. The Morgan fingerprint density at radius 3 is 2.38 bits per heavy atom. The highest BCUT2D eigenvalue weighted by molar-refractivity contribution is 4.66. The Bertz CT molecular complexity index is 118. The van der Waals surface area contributed by atoms with Gasteiger partial charge < -0.3 is 4.74 Å². The average molecular weight is 184 g/mol. The molecule has 0 aliphatic rings. The van der Waals surface area contributed by atoms with Crippen LogP contribution in [0.5, 0.6) is 0 Å². The molecule has 0 aliphatic carbocycles. The summed E-state index contributed by atoms with van der Waals surface area (Å²) in [7, 11) is 0. The van der Waals surface area contributed by atoms with Gasteiger partial charge in [-0.2, -0.15) is 0 Å². The van der Waals surface area contributed by atoms with Gasteiger partial charge in [0.2, 0.25) is 0 Å². The SMILES string of the molecule is C=COC(CCCCCC)C(C)C. The molecule has 13 heavy (non-hydrogen) atoms. The second-order valence-corrected chi connectivity index (χ2v) is 3.93. The van der Waals surface area contributed by atoms with E-state index in [1.807, 2.05) is 0 Å². The monoisotopic (exact) mass is 184 g/mol. The van der Waals surface area contributed by atoms with E-state index in [9.17, 15) is 0 Å². The highest BCUT2D eigenvalue weighted by Crippen LogP contribution is 2.15. The molecule has 0 saturated heterocycles. The molecule has 0 aromatic rings. The Hall–Kier alpha value is -0.460. The van der Waals surface area contributed by atoms with E-state index in [-0.39, 0.29) is 0 Å². The van der Waals surface area contributed by atoms with E-state index in [0.717, 1.165) is 0 Å². The topological polar surface area (TPSA) is 9.23 Å². The lowest BCUT2D eigenvalue weighted by Gasteiger charge is -2.19. The molecule has 0 saturated carbocycles. The lowest BCUT2D eigenvalue weighted by atomic mass is 10.0. The van der Waals surface area contributed by atoms with Crippen LogP contribution in [-0.2, 0) is 4.74 Å². The van der Waals surface area contributed by atoms with Gasteiger partial charge in [-0.05, 0) is 18.8 Å². The molecule has 0 amide bonds. The lowest BCUT2D eigenvalue weighted by molar-refractivity contribution is 0.0908. The quantitative estimate of drug-likeness (QED) is 0.407. The Morgan fingerprint density at radius 2 is 1.92 bits per heavy atom. The Labute approximate surface area is 83.2 Å². The fourth-order valence-corrected chi connectivity index (χ4v) is 1.45. The maximum atomic E-state index is 5.45. The molecule has 0 aliphatic heterocycles. The van der Waals surface area contributed by atoms with Crippen LogP contribution >= 0.6 is 0 Å². The van der Waals surface area contributed by atoms with E-state index in [1.54, 1.807) is 6.26 Å². The Balaban J connectivity index is 3.50. The maximum Gasteiger partial charge on any atom is 0.100 e. The van der Waals surface area contributed by atoms with Gasteiger partial charge in [-0.1, -0.05) is 46.6 Å². The summed E-state index contributed by atoms with van der Waals surface area (Å²) < 4.78 is 5.45. The zero-order chi connectivity index (χ0) is 10.1. The van der Waals surface area contributed by atoms with Gasteiger partial charge in [0.25, 0.3) is 0 Å². The minimum absolute atomic E-state index is 0.370. The summed E-state index contributed by atoms with van der Waals surface area (Å²) in [5, 5.41) is 0. The number of unbranched alkanes of at least 4 members (excludes halogenated alkanes) is 3. The van der Waals surface area contributed by atoms with Crippen LogP contribution in [-0.4, -0.2) is 6.10 Å². The summed E-state index contributed by atoms with van der Waals surface area (Å²) in [6.45, 7) is 10.2. The first-order valence-electron chi connectivity index (χ1n) is 5.48. The van der Waals surface area contributed by atoms with Crippen molar-refractivity contribution in [3.05, 3.63) is 12.8 Å². The zero-order valence-corrected chi connectivity index (χ0v) is 9.38. The van der Waals surface area contributed by atoms with Crippen LogP contribution in [0.25, 0.3) is 0 Å². The van der Waals surface area contributed by atoms with Crippen LogP contribution in [0.1, 0.15) is 52.9 Å². The van der Waals surface area contributed by atoms with Crippen molar-refractivity contribution < 1.29 is 4.74 Å². The van der Waals surface area contributed by atoms with Crippen molar-refractivity contribution >= 4 is 0 Å². The van der Waals surface area contributed by atoms with Crippen molar-refractivity contribution in [1.29, 1.82) is 0 Å². The minimum atomic E-state index is 0.370. The van der Waals surface area contributed by atoms with Gasteiger partial charge in [0.15, 0.2) is 0 Å². The van der Waals surface area contributed by atoms with Gasteiger partial charge in [-0.25, -0.2) is 0 Å². The third kappa shape index (κ3) is 6.68. The van der Waals surface area contributed by atoms with Gasteiger partial charge in [-0.15, -0.1) is 0 Å². The Morgan fingerprint density at radius 1 is 1.23 bits per heavy atom. The molecule has 0 fully saturated rings. The molecular weight excluding hydrogens is 160 g/mol. The van der Waals surface area contributed by atoms with Crippen molar-refractivity contribution in [2.45, 2.75) is 59.0 Å². The minimum Gasteiger partial charge on any atom is -0.498 e. The van der Waals surface area contributed by atoms with Crippen molar-refractivity contribution in [3.8, 4) is 0 Å². The molecule has 0 aromatic heterocycles. The smallest absolute Gasteiger partial charge is 0.100 e. The molecule has 1 heteroatoms. The molecule has 0 N–H and O–H groups in total. The number of ether oxygens (including phenoxy) is 1. The first-order chi connectivity index (χ1) is 6.22. The Kier molecular flexibility index (Phi) is 7.86. The van der Waals surface area contributed by atoms with Crippen molar-refractivity contribution in [2.24, 2.45) is 5.92 Å². The van der Waals surface area contributed by atoms with Crippen LogP contribution in [0.15, 0.2) is 12.8 Å². The van der Waals surface area contributed by atoms with Crippen LogP contribution in [0.4, 0.5) is 0 Å². The largest absolute Gasteiger partial charge is 0.498 e. The zero-order valence-electron chi connectivity index (χ0n) is 9.38. The summed E-state index contributed by atoms with van der Waals surface area (Å²) in [6, 6.07) is 0. The van der Waals surface area contributed by atoms with Crippen LogP contribution in [0, 0.1) is 5.92 Å². The molecule has 0 radical (unpaired) electrons. The van der Waals surface area contributed by atoms with Crippen molar-refractivity contribution in [3.63, 3.8) is 0 Å². The molecule has 0 rings (SSSR count). The van der Waals surface area contributed by atoms with E-state index < -0.39 is 0 Å². The van der Waals surface area contributed by atoms with Gasteiger partial charge in [0.1, 0.15) is 6.10 Å². The highest BCUT2D eigenvalue weighted by Gasteiger charge is 2.11. The molecule has 1 nitrogen and oxygen atoms in total. The summed E-state index contributed by atoms with van der Waals surface area (Å²) in [6.07, 6.45) is 8.38. The summed E-state index contributed by atoms with van der Waals surface area (Å²) in [5.41, 5.74) is 0. The van der Waals surface area contributed by atoms with Gasteiger partial charge in [0, 0.05) is 0 Å². The van der Waals surface area contributed by atoms with Crippen LogP contribution < -0.4 is 0 Å². The normalized spacial score (nSPS) is 12.9. The highest BCUT2D eigenvalue weighted by atomic mass is 16.5. The van der Waals surface area contributed by atoms with E-state index in [2.05, 4.69) is 27.4 Å². The first kappa shape index (κ1) is 12.5. The number of hydrogen-bond acceptors (Lipinski definition) is 1. The summed E-state index contributed by atoms with van der Waals surface area (Å²) >= 11 is 0. The molecule has 0 spiro atoms. The van der Waals surface area contributed by atoms with Gasteiger partial charge in [-0.3, -0.25) is 0 Å². The molecule has 1 atom stereocenters. The third-order valence-electron chi connectivity index (χ3n) is 2.36. The lowest BCUT2D eigenvalue weighted by Crippen LogP contribution is -2.17. The fourth-order valence-electron chi connectivity index (χ4n) is 1.45. The molecule has 0 bridgehead atoms.